The van der Waals surface area contributed by atoms with Crippen molar-refractivity contribution >= 4 is 11.9 Å². The minimum absolute atomic E-state index is 0.0300. The summed E-state index contributed by atoms with van der Waals surface area (Å²) in [5.41, 5.74) is 4.02. The summed E-state index contributed by atoms with van der Waals surface area (Å²) < 4.78 is 0. The lowest BCUT2D eigenvalue weighted by Crippen LogP contribution is -2.33. The van der Waals surface area contributed by atoms with E-state index in [9.17, 15) is 4.79 Å². The molecular formula is C20H26N4O. The summed E-state index contributed by atoms with van der Waals surface area (Å²) in [5.74, 6) is 0.624. The lowest BCUT2D eigenvalue weighted by molar-refractivity contribution is 0.0787. The van der Waals surface area contributed by atoms with E-state index in [2.05, 4.69) is 46.1 Å². The van der Waals surface area contributed by atoms with Crippen molar-refractivity contribution in [2.24, 2.45) is 0 Å². The monoisotopic (exact) mass is 338 g/mol. The number of carbonyl (C=O) groups is 1. The summed E-state index contributed by atoms with van der Waals surface area (Å²) in [5, 5.41) is 0. The van der Waals surface area contributed by atoms with Crippen LogP contribution in [0.5, 0.6) is 0 Å². The van der Waals surface area contributed by atoms with E-state index in [4.69, 9.17) is 0 Å². The molecule has 5 nitrogen and oxygen atoms in total. The highest BCUT2D eigenvalue weighted by atomic mass is 16.2. The first-order valence-corrected chi connectivity index (χ1v) is 9.01. The highest BCUT2D eigenvalue weighted by Crippen LogP contribution is 2.22. The number of unbranched alkanes of at least 4 members (excludes halogenated alkanes) is 1. The maximum atomic E-state index is 12.7. The van der Waals surface area contributed by atoms with Crippen LogP contribution in [0.25, 0.3) is 0 Å². The highest BCUT2D eigenvalue weighted by Gasteiger charge is 2.21. The van der Waals surface area contributed by atoms with Crippen molar-refractivity contribution in [2.75, 3.05) is 25.0 Å². The fourth-order valence-electron chi connectivity index (χ4n) is 3.16. The average molecular weight is 338 g/mol. The maximum absolute atomic E-state index is 12.7. The van der Waals surface area contributed by atoms with Crippen molar-refractivity contribution in [2.45, 2.75) is 39.7 Å². The van der Waals surface area contributed by atoms with Gasteiger partial charge in [-0.15, -0.1) is 0 Å². The van der Waals surface area contributed by atoms with Crippen LogP contribution in [0.2, 0.25) is 0 Å². The Balaban J connectivity index is 1.82. The number of hydrogen-bond donors (Lipinski definition) is 0. The molecule has 0 bridgehead atoms. The van der Waals surface area contributed by atoms with Crippen LogP contribution in [0, 0.1) is 6.92 Å². The van der Waals surface area contributed by atoms with Crippen LogP contribution < -0.4 is 4.90 Å². The summed E-state index contributed by atoms with van der Waals surface area (Å²) in [6, 6.07) is 10.3. The van der Waals surface area contributed by atoms with Crippen LogP contribution in [0.4, 0.5) is 5.95 Å². The molecule has 0 saturated heterocycles. The number of hydrogen-bond acceptors (Lipinski definition) is 4. The number of aryl methyl sites for hydroxylation is 1. The number of benzene rings is 1. The van der Waals surface area contributed by atoms with E-state index in [1.807, 2.05) is 14.0 Å². The quantitative estimate of drug-likeness (QED) is 0.840. The van der Waals surface area contributed by atoms with Crippen molar-refractivity contribution in [1.82, 2.24) is 14.9 Å². The fourth-order valence-corrected chi connectivity index (χ4v) is 3.16. The molecule has 5 heteroatoms. The van der Waals surface area contributed by atoms with Gasteiger partial charge in [-0.1, -0.05) is 37.6 Å². The Bertz CT molecular complexity index is 759. The highest BCUT2D eigenvalue weighted by molar-refractivity contribution is 5.92. The molecule has 1 aromatic heterocycles. The number of aromatic nitrogens is 2. The number of amides is 1. The second kappa shape index (κ2) is 7.64. The Morgan fingerprint density at radius 2 is 2.00 bits per heavy atom. The molecule has 0 radical (unpaired) electrons. The van der Waals surface area contributed by atoms with Gasteiger partial charge in [0, 0.05) is 32.4 Å². The minimum Gasteiger partial charge on any atom is -0.340 e. The molecule has 0 N–H and O–H groups in total. The first kappa shape index (κ1) is 17.4. The Morgan fingerprint density at radius 3 is 2.76 bits per heavy atom. The molecule has 25 heavy (non-hydrogen) atoms. The zero-order chi connectivity index (χ0) is 17.8. The molecule has 2 heterocycles. The standard InChI is InChI=1S/C20H26N4O/c1-4-5-11-23(3)19(25)18-13-15(2)21-20(22-18)24-12-10-16-8-6-7-9-17(16)14-24/h6-9,13H,4-5,10-12,14H2,1-3H3. The number of anilines is 1. The van der Waals surface area contributed by atoms with Crippen LogP contribution in [0.1, 0.15) is 47.1 Å². The van der Waals surface area contributed by atoms with E-state index in [0.29, 0.717) is 11.6 Å². The number of fused-ring (bicyclic) bond motifs is 1. The number of nitrogens with zero attached hydrogens (tertiary/aromatic N) is 4. The smallest absolute Gasteiger partial charge is 0.272 e. The zero-order valence-corrected chi connectivity index (χ0v) is 15.3. The second-order valence-electron chi connectivity index (χ2n) is 6.72. The Morgan fingerprint density at radius 1 is 1.24 bits per heavy atom. The molecule has 132 valence electrons. The molecule has 0 spiro atoms. The van der Waals surface area contributed by atoms with Gasteiger partial charge < -0.3 is 9.80 Å². The number of carbonyl (C=O) groups excluding carboxylic acids is 1. The zero-order valence-electron chi connectivity index (χ0n) is 15.3. The first-order valence-electron chi connectivity index (χ1n) is 9.01. The Labute approximate surface area is 149 Å². The lowest BCUT2D eigenvalue weighted by atomic mass is 10.0. The predicted octanol–water partition coefficient (Wildman–Crippen LogP) is 3.22. The van der Waals surface area contributed by atoms with Crippen LogP contribution in [0.3, 0.4) is 0 Å². The van der Waals surface area contributed by atoms with Crippen molar-refractivity contribution < 1.29 is 4.79 Å². The summed E-state index contributed by atoms with van der Waals surface area (Å²) >= 11 is 0. The third-order valence-corrected chi connectivity index (χ3v) is 4.67. The molecule has 1 aliphatic rings. The van der Waals surface area contributed by atoms with E-state index in [1.54, 1.807) is 11.0 Å². The van der Waals surface area contributed by atoms with Gasteiger partial charge in [-0.05, 0) is 37.0 Å². The van der Waals surface area contributed by atoms with Crippen molar-refractivity contribution in [3.63, 3.8) is 0 Å². The summed E-state index contributed by atoms with van der Waals surface area (Å²) in [7, 11) is 1.84. The third kappa shape index (κ3) is 3.98. The third-order valence-electron chi connectivity index (χ3n) is 4.67. The summed E-state index contributed by atoms with van der Waals surface area (Å²) in [4.78, 5) is 25.7. The van der Waals surface area contributed by atoms with Gasteiger partial charge in [0.25, 0.3) is 5.91 Å². The maximum Gasteiger partial charge on any atom is 0.272 e. The molecule has 0 atom stereocenters. The topological polar surface area (TPSA) is 49.3 Å². The van der Waals surface area contributed by atoms with Crippen LogP contribution in [0.15, 0.2) is 30.3 Å². The SMILES string of the molecule is CCCCN(C)C(=O)c1cc(C)nc(N2CCc3ccccc3C2)n1. The first-order chi connectivity index (χ1) is 12.1. The van der Waals surface area contributed by atoms with Gasteiger partial charge in [0.05, 0.1) is 0 Å². The van der Waals surface area contributed by atoms with Crippen molar-refractivity contribution in [3.8, 4) is 0 Å². The molecule has 1 aromatic carbocycles. The van der Waals surface area contributed by atoms with Crippen molar-refractivity contribution in [1.29, 1.82) is 0 Å². The fraction of sp³-hybridized carbons (Fsp3) is 0.450. The molecular weight excluding hydrogens is 312 g/mol. The summed E-state index contributed by atoms with van der Waals surface area (Å²) in [6.07, 6.45) is 3.05. The van der Waals surface area contributed by atoms with Gasteiger partial charge >= 0.3 is 0 Å². The second-order valence-corrected chi connectivity index (χ2v) is 6.72. The number of rotatable bonds is 5. The van der Waals surface area contributed by atoms with Crippen LogP contribution in [-0.4, -0.2) is 40.9 Å². The minimum atomic E-state index is -0.0300. The predicted molar refractivity (Wildman–Crippen MR) is 99.8 cm³/mol. The largest absolute Gasteiger partial charge is 0.340 e. The summed E-state index contributed by atoms with van der Waals surface area (Å²) in [6.45, 7) is 6.47. The van der Waals surface area contributed by atoms with Gasteiger partial charge in [0.2, 0.25) is 5.95 Å². The van der Waals surface area contributed by atoms with E-state index in [0.717, 1.165) is 44.6 Å². The molecule has 1 amide bonds. The van der Waals surface area contributed by atoms with Crippen LogP contribution in [-0.2, 0) is 13.0 Å². The van der Waals surface area contributed by atoms with E-state index in [1.165, 1.54) is 11.1 Å². The molecule has 0 aliphatic carbocycles. The van der Waals surface area contributed by atoms with Gasteiger partial charge in [0.1, 0.15) is 5.69 Å². The Hall–Kier alpha value is -2.43. The van der Waals surface area contributed by atoms with E-state index >= 15 is 0 Å². The average Bonchev–Trinajstić information content (AvgIpc) is 2.64. The lowest BCUT2D eigenvalue weighted by Gasteiger charge is -2.29. The van der Waals surface area contributed by atoms with Gasteiger partial charge in [-0.3, -0.25) is 4.79 Å². The van der Waals surface area contributed by atoms with Gasteiger partial charge in [-0.2, -0.15) is 0 Å². The van der Waals surface area contributed by atoms with E-state index in [-0.39, 0.29) is 5.91 Å². The van der Waals surface area contributed by atoms with E-state index < -0.39 is 0 Å². The normalized spacial score (nSPS) is 13.5. The molecule has 0 fully saturated rings. The molecule has 0 saturated carbocycles. The van der Waals surface area contributed by atoms with Crippen LogP contribution >= 0.6 is 0 Å². The molecule has 2 aromatic rings. The van der Waals surface area contributed by atoms with Gasteiger partial charge in [-0.25, -0.2) is 9.97 Å². The molecule has 0 unspecified atom stereocenters. The Kier molecular flexibility index (Phi) is 5.31. The van der Waals surface area contributed by atoms with Gasteiger partial charge in [0.15, 0.2) is 0 Å². The molecule has 1 aliphatic heterocycles. The molecule has 3 rings (SSSR count). The van der Waals surface area contributed by atoms with Crippen molar-refractivity contribution in [3.05, 3.63) is 52.8 Å².